The minimum atomic E-state index is -0.965. The maximum Gasteiger partial charge on any atom is 0.407 e. The number of carbonyl (C=O) groups excluding carboxylic acids is 1. The number of carboxylic acid groups (broad SMARTS) is 1. The van der Waals surface area contributed by atoms with Crippen LogP contribution < -0.4 is 15.4 Å². The zero-order valence-electron chi connectivity index (χ0n) is 21.9. The summed E-state index contributed by atoms with van der Waals surface area (Å²) in [7, 11) is 3.10. The van der Waals surface area contributed by atoms with Crippen LogP contribution in [0, 0.1) is 5.92 Å². The molecule has 11 heteroatoms. The molecule has 3 N–H and O–H groups in total. The first-order chi connectivity index (χ1) is 18.4. The molecule has 0 spiro atoms. The Hall–Kier alpha value is -3.99. The number of aromatic nitrogens is 3. The molecule has 2 aromatic heterocycles. The minimum absolute atomic E-state index is 0.117. The molecule has 0 radical (unpaired) electrons. The summed E-state index contributed by atoms with van der Waals surface area (Å²) in [5.41, 5.74) is 3.40. The van der Waals surface area contributed by atoms with E-state index < -0.39 is 6.09 Å². The second-order valence-corrected chi connectivity index (χ2v) is 9.41. The van der Waals surface area contributed by atoms with Crippen LogP contribution in [-0.2, 0) is 4.74 Å². The van der Waals surface area contributed by atoms with Gasteiger partial charge in [0.15, 0.2) is 5.69 Å². The molecule has 3 heterocycles. The van der Waals surface area contributed by atoms with Crippen molar-refractivity contribution >= 4 is 28.6 Å². The predicted molar refractivity (Wildman–Crippen MR) is 144 cm³/mol. The first kappa shape index (κ1) is 27.1. The molecule has 2 amide bonds. The van der Waals surface area contributed by atoms with Gasteiger partial charge in [0.05, 0.1) is 17.8 Å². The Morgan fingerprint density at radius 1 is 1.18 bits per heavy atom. The van der Waals surface area contributed by atoms with Crippen LogP contribution in [0.5, 0.6) is 5.88 Å². The van der Waals surface area contributed by atoms with Crippen molar-refractivity contribution in [3.63, 3.8) is 0 Å². The highest BCUT2D eigenvalue weighted by molar-refractivity contribution is 6.06. The summed E-state index contributed by atoms with van der Waals surface area (Å²) in [6, 6.07) is 9.65. The number of fused-ring (bicyclic) bond motifs is 1. The number of nitrogens with one attached hydrogen (secondary N) is 2. The number of carbonyl (C=O) groups is 2. The van der Waals surface area contributed by atoms with E-state index in [0.29, 0.717) is 42.6 Å². The van der Waals surface area contributed by atoms with Crippen LogP contribution in [0.3, 0.4) is 0 Å². The summed E-state index contributed by atoms with van der Waals surface area (Å²) in [5.74, 6) is 0.589. The van der Waals surface area contributed by atoms with Crippen molar-refractivity contribution in [2.24, 2.45) is 5.92 Å². The lowest BCUT2D eigenvalue weighted by Gasteiger charge is -2.29. The average molecular weight is 523 g/mol. The Morgan fingerprint density at radius 2 is 1.95 bits per heavy atom. The Labute approximate surface area is 221 Å². The van der Waals surface area contributed by atoms with Crippen molar-refractivity contribution in [2.45, 2.75) is 32.2 Å². The number of ether oxygens (including phenoxy) is 2. The zero-order chi connectivity index (χ0) is 27.1. The summed E-state index contributed by atoms with van der Waals surface area (Å²) >= 11 is 0. The van der Waals surface area contributed by atoms with Crippen LogP contribution >= 0.6 is 0 Å². The van der Waals surface area contributed by atoms with Crippen molar-refractivity contribution in [3.8, 4) is 17.0 Å². The molecule has 0 aliphatic carbocycles. The Kier molecular flexibility index (Phi) is 8.90. The third-order valence-corrected chi connectivity index (χ3v) is 6.83. The topological polar surface area (TPSA) is 139 Å². The Bertz CT molecular complexity index is 1260. The summed E-state index contributed by atoms with van der Waals surface area (Å²) in [4.78, 5) is 29.2. The second kappa shape index (κ2) is 12.5. The van der Waals surface area contributed by atoms with Crippen molar-refractivity contribution in [3.05, 3.63) is 42.2 Å². The average Bonchev–Trinajstić information content (AvgIpc) is 2.95. The number of hydrogen-bond acceptors (Lipinski definition) is 8. The van der Waals surface area contributed by atoms with Gasteiger partial charge in [-0.3, -0.25) is 4.79 Å². The van der Waals surface area contributed by atoms with Gasteiger partial charge in [0, 0.05) is 63.1 Å². The number of anilines is 1. The third-order valence-electron chi connectivity index (χ3n) is 6.83. The second-order valence-electron chi connectivity index (χ2n) is 9.41. The van der Waals surface area contributed by atoms with Gasteiger partial charge in [-0.25, -0.2) is 9.78 Å². The fraction of sp³-hybridized carbons (Fsp3) is 0.444. The van der Waals surface area contributed by atoms with Gasteiger partial charge in [0.2, 0.25) is 5.88 Å². The molecule has 4 rings (SSSR count). The molecular formula is C27H34N6O5. The highest BCUT2D eigenvalue weighted by atomic mass is 16.5. The van der Waals surface area contributed by atoms with Crippen LogP contribution in [-0.4, -0.2) is 83.7 Å². The molecule has 1 aliphatic rings. The van der Waals surface area contributed by atoms with Gasteiger partial charge < -0.3 is 30.1 Å². The highest BCUT2D eigenvalue weighted by Gasteiger charge is 2.24. The SMILES string of the molecule is CNC(=O)c1nnc2ccc(-c3ccc(OCCCN(C)C(=O)O)nc3)cc2c1NC(C)C1CCOCC1. The monoisotopic (exact) mass is 522 g/mol. The Morgan fingerprint density at radius 3 is 2.63 bits per heavy atom. The van der Waals surface area contributed by atoms with Gasteiger partial charge in [-0.05, 0) is 55.9 Å². The lowest BCUT2D eigenvalue weighted by molar-refractivity contribution is 0.0622. The maximum absolute atomic E-state index is 12.7. The van der Waals surface area contributed by atoms with E-state index in [4.69, 9.17) is 14.6 Å². The van der Waals surface area contributed by atoms with Crippen LogP contribution in [0.25, 0.3) is 22.0 Å². The number of hydrogen-bond donors (Lipinski definition) is 3. The highest BCUT2D eigenvalue weighted by Crippen LogP contribution is 2.32. The van der Waals surface area contributed by atoms with Crippen LogP contribution in [0.2, 0.25) is 0 Å². The summed E-state index contributed by atoms with van der Waals surface area (Å²) in [5, 5.41) is 24.5. The normalized spacial score (nSPS) is 14.6. The zero-order valence-corrected chi connectivity index (χ0v) is 21.9. The fourth-order valence-electron chi connectivity index (χ4n) is 4.48. The third kappa shape index (κ3) is 6.46. The van der Waals surface area contributed by atoms with Gasteiger partial charge >= 0.3 is 6.09 Å². The van der Waals surface area contributed by atoms with E-state index in [-0.39, 0.29) is 17.6 Å². The number of benzene rings is 1. The van der Waals surface area contributed by atoms with Crippen molar-refractivity contribution in [1.82, 2.24) is 25.4 Å². The lowest BCUT2D eigenvalue weighted by atomic mass is 9.92. The molecule has 11 nitrogen and oxygen atoms in total. The van der Waals surface area contributed by atoms with Crippen LogP contribution in [0.1, 0.15) is 36.7 Å². The van der Waals surface area contributed by atoms with Gasteiger partial charge in [0.1, 0.15) is 0 Å². The molecule has 0 saturated carbocycles. The first-order valence-corrected chi connectivity index (χ1v) is 12.8. The molecule has 1 aromatic carbocycles. The quantitative estimate of drug-likeness (QED) is 0.340. The van der Waals surface area contributed by atoms with E-state index in [1.165, 1.54) is 11.9 Å². The van der Waals surface area contributed by atoms with E-state index in [9.17, 15) is 9.59 Å². The van der Waals surface area contributed by atoms with Crippen LogP contribution in [0.15, 0.2) is 36.5 Å². The number of nitrogens with zero attached hydrogens (tertiary/aromatic N) is 4. The lowest BCUT2D eigenvalue weighted by Crippen LogP contribution is -2.32. The molecule has 202 valence electrons. The molecular weight excluding hydrogens is 488 g/mol. The van der Waals surface area contributed by atoms with E-state index in [0.717, 1.165) is 42.6 Å². The molecule has 0 bridgehead atoms. The predicted octanol–water partition coefficient (Wildman–Crippen LogP) is 3.66. The minimum Gasteiger partial charge on any atom is -0.478 e. The van der Waals surface area contributed by atoms with Gasteiger partial charge in [0.25, 0.3) is 5.91 Å². The molecule has 1 atom stereocenters. The van der Waals surface area contributed by atoms with Gasteiger partial charge in [-0.2, -0.15) is 0 Å². The largest absolute Gasteiger partial charge is 0.478 e. The summed E-state index contributed by atoms with van der Waals surface area (Å²) in [6.07, 6.45) is 3.25. The van der Waals surface area contributed by atoms with Crippen molar-refractivity contribution in [2.75, 3.05) is 45.8 Å². The fourth-order valence-corrected chi connectivity index (χ4v) is 4.48. The molecule has 1 fully saturated rings. The van der Waals surface area contributed by atoms with Gasteiger partial charge in [-0.1, -0.05) is 6.07 Å². The van der Waals surface area contributed by atoms with Gasteiger partial charge in [-0.15, -0.1) is 10.2 Å². The molecule has 1 aliphatic heterocycles. The standard InChI is InChI=1S/C27H34N6O5/c1-17(18-9-13-37-14-10-18)30-24-21-15-19(5-7-22(21)31-32-25(24)26(34)28-2)20-6-8-23(29-16-20)38-12-4-11-33(3)27(35)36/h5-8,15-18H,4,9-14H2,1-3H3,(H,28,34)(H,30,31)(H,35,36). The van der Waals surface area contributed by atoms with Crippen LogP contribution in [0.4, 0.5) is 10.5 Å². The van der Waals surface area contributed by atoms with E-state index in [1.807, 2.05) is 24.3 Å². The summed E-state index contributed by atoms with van der Waals surface area (Å²) < 4.78 is 11.2. The molecule has 3 aromatic rings. The number of amides is 2. The smallest absolute Gasteiger partial charge is 0.407 e. The van der Waals surface area contributed by atoms with E-state index in [1.54, 1.807) is 19.3 Å². The van der Waals surface area contributed by atoms with Crippen molar-refractivity contribution < 1.29 is 24.2 Å². The number of rotatable bonds is 10. The molecule has 38 heavy (non-hydrogen) atoms. The number of pyridine rings is 1. The molecule has 1 saturated heterocycles. The van der Waals surface area contributed by atoms with E-state index >= 15 is 0 Å². The first-order valence-electron chi connectivity index (χ1n) is 12.8. The summed E-state index contributed by atoms with van der Waals surface area (Å²) in [6.45, 7) is 4.35. The van der Waals surface area contributed by atoms with E-state index in [2.05, 4.69) is 32.7 Å². The Balaban J connectivity index is 1.56. The molecule has 1 unspecified atom stereocenters. The maximum atomic E-state index is 12.7. The van der Waals surface area contributed by atoms with Crippen molar-refractivity contribution in [1.29, 1.82) is 0 Å².